The lowest BCUT2D eigenvalue weighted by atomic mass is 10.2. The van der Waals surface area contributed by atoms with Crippen LogP contribution in [0.1, 0.15) is 27.4 Å². The molecule has 4 aromatic rings. The Morgan fingerprint density at radius 3 is 2.62 bits per heavy atom. The van der Waals surface area contributed by atoms with Gasteiger partial charge in [0.1, 0.15) is 12.4 Å². The number of hydrogen-bond donors (Lipinski definition) is 2. The number of amides is 2. The second kappa shape index (κ2) is 11.3. The molecule has 170 valence electrons. The standard InChI is InChI=1S/C27H23N3O4/c31-26(14-11-20-9-12-24(13-10-20)34-19-23-6-1-2-15-28-23)29-18-21-5-3-7-22(17-21)30-27(32)25-8-4-16-33-25/h1-17H,18-19H2,(H,29,31)(H,30,32)/b14-11+. The lowest BCUT2D eigenvalue weighted by Crippen LogP contribution is -2.20. The molecule has 0 radical (unpaired) electrons. The minimum absolute atomic E-state index is 0.222. The summed E-state index contributed by atoms with van der Waals surface area (Å²) in [7, 11) is 0. The normalized spacial score (nSPS) is 10.7. The third kappa shape index (κ3) is 6.67. The SMILES string of the molecule is O=C(/C=C/c1ccc(OCc2ccccn2)cc1)NCc1cccc(NC(=O)c2ccco2)c1. The number of furan rings is 1. The third-order valence-electron chi connectivity index (χ3n) is 4.82. The number of nitrogens with zero attached hydrogens (tertiary/aromatic N) is 1. The summed E-state index contributed by atoms with van der Waals surface area (Å²) >= 11 is 0. The molecule has 4 rings (SSSR count). The first-order valence-corrected chi connectivity index (χ1v) is 10.7. The van der Waals surface area contributed by atoms with Crippen molar-refractivity contribution in [3.8, 4) is 5.75 Å². The number of anilines is 1. The predicted octanol–water partition coefficient (Wildman–Crippen LogP) is 4.84. The van der Waals surface area contributed by atoms with E-state index in [1.54, 1.807) is 36.5 Å². The second-order valence-corrected chi connectivity index (χ2v) is 7.36. The molecule has 0 aliphatic rings. The molecule has 0 aliphatic carbocycles. The van der Waals surface area contributed by atoms with Gasteiger partial charge in [-0.15, -0.1) is 0 Å². The van der Waals surface area contributed by atoms with Crippen LogP contribution >= 0.6 is 0 Å². The Hall–Kier alpha value is -4.65. The first-order valence-electron chi connectivity index (χ1n) is 10.7. The van der Waals surface area contributed by atoms with Gasteiger partial charge in [0.05, 0.1) is 12.0 Å². The molecule has 7 heteroatoms. The molecule has 0 aliphatic heterocycles. The zero-order chi connectivity index (χ0) is 23.6. The Kier molecular flexibility index (Phi) is 7.48. The first-order chi connectivity index (χ1) is 16.7. The van der Waals surface area contributed by atoms with Crippen LogP contribution in [0.4, 0.5) is 5.69 Å². The maximum atomic E-state index is 12.2. The van der Waals surface area contributed by atoms with Gasteiger partial charge in [-0.3, -0.25) is 14.6 Å². The number of carbonyl (C=O) groups is 2. The molecular weight excluding hydrogens is 430 g/mol. The van der Waals surface area contributed by atoms with E-state index in [1.807, 2.05) is 54.6 Å². The summed E-state index contributed by atoms with van der Waals surface area (Å²) in [4.78, 5) is 28.5. The molecule has 2 aromatic heterocycles. The maximum Gasteiger partial charge on any atom is 0.291 e. The molecule has 34 heavy (non-hydrogen) atoms. The summed E-state index contributed by atoms with van der Waals surface area (Å²) in [6, 6.07) is 23.6. The molecule has 0 spiro atoms. The summed E-state index contributed by atoms with van der Waals surface area (Å²) in [5, 5.41) is 5.61. The molecule has 0 bridgehead atoms. The van der Waals surface area contributed by atoms with E-state index in [4.69, 9.17) is 9.15 Å². The molecule has 0 fully saturated rings. The van der Waals surface area contributed by atoms with Gasteiger partial charge in [0, 0.05) is 24.5 Å². The topological polar surface area (TPSA) is 93.5 Å². The molecule has 2 amide bonds. The molecule has 0 saturated carbocycles. The number of hydrogen-bond acceptors (Lipinski definition) is 5. The summed E-state index contributed by atoms with van der Waals surface area (Å²) in [6.07, 6.45) is 6.39. The van der Waals surface area contributed by atoms with Crippen molar-refractivity contribution in [2.45, 2.75) is 13.2 Å². The van der Waals surface area contributed by atoms with Gasteiger partial charge in [-0.25, -0.2) is 0 Å². The fraction of sp³-hybridized carbons (Fsp3) is 0.0741. The van der Waals surface area contributed by atoms with Crippen LogP contribution in [0.15, 0.2) is 102 Å². The van der Waals surface area contributed by atoms with Crippen molar-refractivity contribution in [2.75, 3.05) is 5.32 Å². The van der Waals surface area contributed by atoms with Gasteiger partial charge in [-0.1, -0.05) is 30.3 Å². The molecule has 2 aromatic carbocycles. The summed E-state index contributed by atoms with van der Waals surface area (Å²) in [5.41, 5.74) is 3.21. The van der Waals surface area contributed by atoms with Crippen LogP contribution < -0.4 is 15.4 Å². The molecule has 0 saturated heterocycles. The first kappa shape index (κ1) is 22.5. The molecule has 0 atom stereocenters. The zero-order valence-corrected chi connectivity index (χ0v) is 18.3. The number of carbonyl (C=O) groups excluding carboxylic acids is 2. The Balaban J connectivity index is 1.24. The zero-order valence-electron chi connectivity index (χ0n) is 18.3. The average Bonchev–Trinajstić information content (AvgIpc) is 3.42. The Labute approximate surface area is 197 Å². The Morgan fingerprint density at radius 2 is 1.85 bits per heavy atom. The van der Waals surface area contributed by atoms with Crippen LogP contribution in [0.25, 0.3) is 6.08 Å². The van der Waals surface area contributed by atoms with Gasteiger partial charge in [-0.2, -0.15) is 0 Å². The molecule has 7 nitrogen and oxygen atoms in total. The second-order valence-electron chi connectivity index (χ2n) is 7.36. The van der Waals surface area contributed by atoms with E-state index < -0.39 is 0 Å². The molecular formula is C27H23N3O4. The van der Waals surface area contributed by atoms with Crippen molar-refractivity contribution < 1.29 is 18.7 Å². The Morgan fingerprint density at radius 1 is 0.971 bits per heavy atom. The van der Waals surface area contributed by atoms with Gasteiger partial charge in [-0.05, 0) is 65.7 Å². The van der Waals surface area contributed by atoms with Crippen molar-refractivity contribution in [1.29, 1.82) is 0 Å². The number of benzene rings is 2. The monoisotopic (exact) mass is 453 g/mol. The maximum absolute atomic E-state index is 12.2. The van der Waals surface area contributed by atoms with Gasteiger partial charge in [0.2, 0.25) is 5.91 Å². The van der Waals surface area contributed by atoms with E-state index in [1.165, 1.54) is 12.3 Å². The highest BCUT2D eigenvalue weighted by Crippen LogP contribution is 2.15. The minimum Gasteiger partial charge on any atom is -0.487 e. The van der Waals surface area contributed by atoms with Gasteiger partial charge in [0.25, 0.3) is 5.91 Å². The van der Waals surface area contributed by atoms with E-state index in [9.17, 15) is 9.59 Å². The van der Waals surface area contributed by atoms with Gasteiger partial charge >= 0.3 is 0 Å². The van der Waals surface area contributed by atoms with E-state index >= 15 is 0 Å². The van der Waals surface area contributed by atoms with Gasteiger partial charge in [0.15, 0.2) is 5.76 Å². The largest absolute Gasteiger partial charge is 0.487 e. The predicted molar refractivity (Wildman–Crippen MR) is 129 cm³/mol. The lowest BCUT2D eigenvalue weighted by Gasteiger charge is -2.07. The van der Waals surface area contributed by atoms with Crippen molar-refractivity contribution >= 4 is 23.6 Å². The van der Waals surface area contributed by atoms with Crippen LogP contribution in [-0.4, -0.2) is 16.8 Å². The van der Waals surface area contributed by atoms with E-state index in [-0.39, 0.29) is 17.6 Å². The van der Waals surface area contributed by atoms with Crippen LogP contribution in [0.2, 0.25) is 0 Å². The fourth-order valence-electron chi connectivity index (χ4n) is 3.10. The van der Waals surface area contributed by atoms with Crippen molar-refractivity contribution in [2.24, 2.45) is 0 Å². The summed E-state index contributed by atoms with van der Waals surface area (Å²) in [6.45, 7) is 0.722. The summed E-state index contributed by atoms with van der Waals surface area (Å²) < 4.78 is 10.8. The van der Waals surface area contributed by atoms with E-state index in [0.717, 1.165) is 22.6 Å². The number of ether oxygens (including phenoxy) is 1. The van der Waals surface area contributed by atoms with E-state index in [0.29, 0.717) is 18.8 Å². The van der Waals surface area contributed by atoms with Crippen LogP contribution in [0, 0.1) is 0 Å². The lowest BCUT2D eigenvalue weighted by molar-refractivity contribution is -0.116. The third-order valence-corrected chi connectivity index (χ3v) is 4.82. The number of pyridine rings is 1. The van der Waals surface area contributed by atoms with Crippen LogP contribution in [0.3, 0.4) is 0 Å². The van der Waals surface area contributed by atoms with Crippen LogP contribution in [0.5, 0.6) is 5.75 Å². The van der Waals surface area contributed by atoms with Crippen LogP contribution in [-0.2, 0) is 17.9 Å². The number of rotatable bonds is 9. The number of aromatic nitrogens is 1. The highest BCUT2D eigenvalue weighted by molar-refractivity contribution is 6.02. The smallest absolute Gasteiger partial charge is 0.291 e. The van der Waals surface area contributed by atoms with Crippen molar-refractivity contribution in [1.82, 2.24) is 10.3 Å². The molecule has 2 heterocycles. The molecule has 0 unspecified atom stereocenters. The highest BCUT2D eigenvalue weighted by atomic mass is 16.5. The molecule has 2 N–H and O–H groups in total. The quantitative estimate of drug-likeness (QED) is 0.354. The summed E-state index contributed by atoms with van der Waals surface area (Å²) in [5.74, 6) is 0.408. The number of nitrogens with one attached hydrogen (secondary N) is 2. The van der Waals surface area contributed by atoms with Gasteiger partial charge < -0.3 is 19.8 Å². The fourth-order valence-corrected chi connectivity index (χ4v) is 3.10. The van der Waals surface area contributed by atoms with E-state index in [2.05, 4.69) is 15.6 Å². The van der Waals surface area contributed by atoms with Crippen molar-refractivity contribution in [3.05, 3.63) is 120 Å². The highest BCUT2D eigenvalue weighted by Gasteiger charge is 2.09. The van der Waals surface area contributed by atoms with Crippen molar-refractivity contribution in [3.63, 3.8) is 0 Å². The Bertz CT molecular complexity index is 1250. The average molecular weight is 453 g/mol. The minimum atomic E-state index is -0.331.